The van der Waals surface area contributed by atoms with Crippen molar-refractivity contribution in [2.24, 2.45) is 0 Å². The van der Waals surface area contributed by atoms with Crippen LogP contribution in [0.5, 0.6) is 0 Å². The molecule has 0 amide bonds. The monoisotopic (exact) mass is 375 g/mol. The van der Waals surface area contributed by atoms with Crippen molar-refractivity contribution in [1.82, 2.24) is 14.9 Å². The number of halogens is 1. The summed E-state index contributed by atoms with van der Waals surface area (Å²) in [6.07, 6.45) is 3.31. The second kappa shape index (κ2) is 7.26. The Kier molecular flexibility index (Phi) is 4.84. The Labute approximate surface area is 156 Å². The van der Waals surface area contributed by atoms with E-state index < -0.39 is 0 Å². The third kappa shape index (κ3) is 3.56. The van der Waals surface area contributed by atoms with Crippen LogP contribution in [0.15, 0.2) is 35.4 Å². The topological polar surface area (TPSA) is 73.5 Å². The number of nitrogens with one attached hydrogen (secondary N) is 2. The molecule has 2 aromatic rings. The van der Waals surface area contributed by atoms with E-state index in [9.17, 15) is 4.79 Å². The number of hydrogen-bond donors (Lipinski definition) is 2. The number of H-pyrrole nitrogens is 1. The normalized spacial score (nSPS) is 21.5. The van der Waals surface area contributed by atoms with Gasteiger partial charge in [-0.1, -0.05) is 11.6 Å². The highest BCUT2D eigenvalue weighted by atomic mass is 35.5. The van der Waals surface area contributed by atoms with E-state index in [1.165, 1.54) is 6.20 Å². The van der Waals surface area contributed by atoms with Crippen molar-refractivity contribution >= 4 is 28.8 Å². The smallest absolute Gasteiger partial charge is 0.271 e. The molecular formula is C18H22ClN5O2. The van der Waals surface area contributed by atoms with Crippen molar-refractivity contribution < 1.29 is 4.74 Å². The fourth-order valence-electron chi connectivity index (χ4n) is 3.45. The molecule has 1 unspecified atom stereocenters. The molecule has 26 heavy (non-hydrogen) atoms. The quantitative estimate of drug-likeness (QED) is 0.852. The van der Waals surface area contributed by atoms with Gasteiger partial charge in [-0.15, -0.1) is 0 Å². The summed E-state index contributed by atoms with van der Waals surface area (Å²) in [5.74, 6) is 0.611. The Morgan fingerprint density at radius 3 is 2.85 bits per heavy atom. The average molecular weight is 376 g/mol. The molecule has 2 aliphatic heterocycles. The van der Waals surface area contributed by atoms with Crippen molar-refractivity contribution in [2.45, 2.75) is 19.0 Å². The van der Waals surface area contributed by atoms with Crippen molar-refractivity contribution in [3.8, 4) is 0 Å². The van der Waals surface area contributed by atoms with Gasteiger partial charge in [0.15, 0.2) is 0 Å². The number of aromatic amines is 1. The van der Waals surface area contributed by atoms with Gasteiger partial charge in [-0.2, -0.15) is 0 Å². The molecule has 2 aromatic heterocycles. The van der Waals surface area contributed by atoms with Gasteiger partial charge in [0.1, 0.15) is 11.5 Å². The van der Waals surface area contributed by atoms with Gasteiger partial charge in [-0.3, -0.25) is 9.69 Å². The predicted octanol–water partition coefficient (Wildman–Crippen LogP) is 2.08. The van der Waals surface area contributed by atoms with Crippen LogP contribution in [0.25, 0.3) is 0 Å². The number of hydrogen-bond acceptors (Lipinski definition) is 6. The van der Waals surface area contributed by atoms with Gasteiger partial charge in [0.25, 0.3) is 5.56 Å². The van der Waals surface area contributed by atoms with E-state index in [1.54, 1.807) is 6.07 Å². The number of rotatable bonds is 4. The van der Waals surface area contributed by atoms with Gasteiger partial charge in [0.05, 0.1) is 36.2 Å². The maximum absolute atomic E-state index is 11.8. The summed E-state index contributed by atoms with van der Waals surface area (Å²) >= 11 is 5.93. The Balaban J connectivity index is 1.42. The summed E-state index contributed by atoms with van der Waals surface area (Å²) in [4.78, 5) is 23.7. The molecule has 0 aromatic carbocycles. The maximum Gasteiger partial charge on any atom is 0.271 e. The lowest BCUT2D eigenvalue weighted by Crippen LogP contribution is -2.59. The SMILES string of the molecule is CC1CN(C2COC2)CCN1c1ccc(Nc2cc(Cl)c[nH]c2=O)nc1. The lowest BCUT2D eigenvalue weighted by Gasteiger charge is -2.46. The van der Waals surface area contributed by atoms with E-state index in [1.807, 2.05) is 18.3 Å². The summed E-state index contributed by atoms with van der Waals surface area (Å²) in [6, 6.07) is 6.50. The average Bonchev–Trinajstić information content (AvgIpc) is 2.58. The molecule has 7 nitrogen and oxygen atoms in total. The predicted molar refractivity (Wildman–Crippen MR) is 103 cm³/mol. The van der Waals surface area contributed by atoms with Gasteiger partial charge in [-0.05, 0) is 25.1 Å². The number of aromatic nitrogens is 2. The van der Waals surface area contributed by atoms with E-state index in [4.69, 9.17) is 16.3 Å². The standard InChI is InChI=1S/C18H22ClN5O2/c1-12-9-23(15-10-26-11-15)4-5-24(12)14-2-3-17(20-8-14)22-16-6-13(19)7-21-18(16)25/h2-3,6-8,12,15H,4-5,9-11H2,1H3,(H,20,22)(H,21,25). The van der Waals surface area contributed by atoms with Gasteiger partial charge >= 0.3 is 0 Å². The van der Waals surface area contributed by atoms with Crippen LogP contribution in [0.4, 0.5) is 17.2 Å². The molecule has 2 aliphatic rings. The molecule has 0 spiro atoms. The first-order valence-corrected chi connectivity index (χ1v) is 9.18. The molecule has 8 heteroatoms. The fourth-order valence-corrected chi connectivity index (χ4v) is 3.62. The summed E-state index contributed by atoms with van der Waals surface area (Å²) in [7, 11) is 0. The Morgan fingerprint density at radius 2 is 2.19 bits per heavy atom. The number of nitrogens with zero attached hydrogens (tertiary/aromatic N) is 3. The van der Waals surface area contributed by atoms with E-state index in [0.29, 0.717) is 28.6 Å². The van der Waals surface area contributed by atoms with E-state index in [2.05, 4.69) is 32.0 Å². The number of pyridine rings is 2. The lowest BCUT2D eigenvalue weighted by atomic mass is 10.1. The molecule has 4 heterocycles. The van der Waals surface area contributed by atoms with E-state index >= 15 is 0 Å². The zero-order valence-electron chi connectivity index (χ0n) is 14.6. The second-order valence-electron chi connectivity index (χ2n) is 6.82. The zero-order valence-corrected chi connectivity index (χ0v) is 15.4. The van der Waals surface area contributed by atoms with Crippen LogP contribution in [0.1, 0.15) is 6.92 Å². The van der Waals surface area contributed by atoms with E-state index in [0.717, 1.165) is 38.5 Å². The first-order valence-electron chi connectivity index (χ1n) is 8.80. The minimum absolute atomic E-state index is 0.231. The van der Waals surface area contributed by atoms with Crippen LogP contribution < -0.4 is 15.8 Å². The molecule has 2 saturated heterocycles. The first-order chi connectivity index (χ1) is 12.6. The van der Waals surface area contributed by atoms with Crippen molar-refractivity contribution in [2.75, 3.05) is 43.1 Å². The molecule has 0 aliphatic carbocycles. The van der Waals surface area contributed by atoms with Gasteiger partial charge in [-0.25, -0.2) is 4.98 Å². The molecule has 4 rings (SSSR count). The Hall–Kier alpha value is -2.09. The largest absolute Gasteiger partial charge is 0.378 e. The highest BCUT2D eigenvalue weighted by Crippen LogP contribution is 2.24. The summed E-state index contributed by atoms with van der Waals surface area (Å²) in [5, 5.41) is 3.48. The second-order valence-corrected chi connectivity index (χ2v) is 7.25. The number of ether oxygens (including phenoxy) is 1. The van der Waals surface area contributed by atoms with Gasteiger partial charge in [0.2, 0.25) is 0 Å². The molecule has 0 saturated carbocycles. The van der Waals surface area contributed by atoms with Crippen LogP contribution in [0.3, 0.4) is 0 Å². The number of anilines is 3. The third-order valence-corrected chi connectivity index (χ3v) is 5.22. The number of piperazine rings is 1. The molecular weight excluding hydrogens is 354 g/mol. The van der Waals surface area contributed by atoms with Crippen molar-refractivity contribution in [1.29, 1.82) is 0 Å². The fraction of sp³-hybridized carbons (Fsp3) is 0.444. The highest BCUT2D eigenvalue weighted by Gasteiger charge is 2.32. The Bertz CT molecular complexity index is 821. The molecule has 2 fully saturated rings. The van der Waals surface area contributed by atoms with Crippen molar-refractivity contribution in [3.63, 3.8) is 0 Å². The Morgan fingerprint density at radius 1 is 1.35 bits per heavy atom. The molecule has 138 valence electrons. The molecule has 1 atom stereocenters. The third-order valence-electron chi connectivity index (χ3n) is 5.01. The zero-order chi connectivity index (χ0) is 18.1. The van der Waals surface area contributed by atoms with Crippen LogP contribution in [-0.2, 0) is 4.74 Å². The van der Waals surface area contributed by atoms with E-state index in [-0.39, 0.29) is 5.56 Å². The van der Waals surface area contributed by atoms with Gasteiger partial charge in [0, 0.05) is 31.9 Å². The lowest BCUT2D eigenvalue weighted by molar-refractivity contribution is -0.0691. The van der Waals surface area contributed by atoms with Crippen LogP contribution in [-0.4, -0.2) is 59.8 Å². The molecule has 0 radical (unpaired) electrons. The van der Waals surface area contributed by atoms with Crippen LogP contribution in [0.2, 0.25) is 5.02 Å². The highest BCUT2D eigenvalue weighted by molar-refractivity contribution is 6.30. The van der Waals surface area contributed by atoms with Crippen LogP contribution in [0, 0.1) is 0 Å². The molecule has 0 bridgehead atoms. The first kappa shape index (κ1) is 17.3. The minimum atomic E-state index is -0.231. The molecule has 2 N–H and O–H groups in total. The van der Waals surface area contributed by atoms with Crippen LogP contribution >= 0.6 is 11.6 Å². The summed E-state index contributed by atoms with van der Waals surface area (Å²) in [5.41, 5.74) is 1.24. The maximum atomic E-state index is 11.8. The summed E-state index contributed by atoms with van der Waals surface area (Å²) < 4.78 is 5.31. The van der Waals surface area contributed by atoms with Crippen molar-refractivity contribution in [3.05, 3.63) is 46.0 Å². The summed E-state index contributed by atoms with van der Waals surface area (Å²) in [6.45, 7) is 7.00. The van der Waals surface area contributed by atoms with Gasteiger partial charge < -0.3 is 19.9 Å². The minimum Gasteiger partial charge on any atom is -0.378 e.